The molecule has 1 heterocycles. The van der Waals surface area contributed by atoms with E-state index in [1.165, 1.54) is 26.2 Å². The number of nitrogens with zero attached hydrogens (tertiary/aromatic N) is 3. The summed E-state index contributed by atoms with van der Waals surface area (Å²) in [5.74, 6) is 0.287. The molecule has 10 nitrogen and oxygen atoms in total. The van der Waals surface area contributed by atoms with E-state index in [1.54, 1.807) is 30.3 Å². The van der Waals surface area contributed by atoms with E-state index in [0.717, 1.165) is 9.82 Å². The molecule has 182 valence electrons. The van der Waals surface area contributed by atoms with Crippen LogP contribution in [0.25, 0.3) is 11.0 Å². The van der Waals surface area contributed by atoms with Crippen molar-refractivity contribution >= 4 is 32.9 Å². The van der Waals surface area contributed by atoms with E-state index in [1.807, 2.05) is 11.6 Å². The number of aryl methyl sites for hydroxylation is 2. The van der Waals surface area contributed by atoms with Crippen molar-refractivity contribution in [2.45, 2.75) is 24.2 Å². The number of amides is 2. The molecule has 2 aromatic carbocycles. The van der Waals surface area contributed by atoms with Gasteiger partial charge in [-0.05, 0) is 42.8 Å². The summed E-state index contributed by atoms with van der Waals surface area (Å²) in [7, 11) is 1.23. The zero-order valence-corrected chi connectivity index (χ0v) is 20.2. The van der Waals surface area contributed by atoms with Gasteiger partial charge in [0, 0.05) is 52.6 Å². The van der Waals surface area contributed by atoms with Crippen LogP contribution in [0.4, 0.5) is 0 Å². The number of hydrogen-bond acceptors (Lipinski definition) is 6. The molecule has 0 saturated heterocycles. The summed E-state index contributed by atoms with van der Waals surface area (Å²) in [5, 5.41) is 15.0. The second-order valence-corrected chi connectivity index (χ2v) is 10.2. The van der Waals surface area contributed by atoms with Crippen LogP contribution in [0.1, 0.15) is 29.0 Å². The van der Waals surface area contributed by atoms with Crippen molar-refractivity contribution in [3.05, 3.63) is 53.9 Å². The molecule has 3 aromatic rings. The monoisotopic (exact) mass is 487 g/mol. The zero-order valence-electron chi connectivity index (χ0n) is 19.4. The lowest BCUT2D eigenvalue weighted by molar-refractivity contribution is -0.121. The van der Waals surface area contributed by atoms with E-state index < -0.39 is 10.0 Å². The molecule has 3 N–H and O–H groups in total. The summed E-state index contributed by atoms with van der Waals surface area (Å²) in [5.41, 5.74) is 1.72. The first-order valence-electron chi connectivity index (χ1n) is 10.8. The number of sulfonamides is 1. The molecule has 0 aliphatic carbocycles. The SMILES string of the molecule is CN(C)S(=O)(=O)c1ccc2c(c1)nc(CCC(=O)NCCCNC(=O)c1cccc(O)c1)n2C. The molecule has 0 radical (unpaired) electrons. The van der Waals surface area contributed by atoms with Gasteiger partial charge in [0.25, 0.3) is 5.91 Å². The average Bonchev–Trinajstić information content (AvgIpc) is 3.12. The van der Waals surface area contributed by atoms with Gasteiger partial charge in [-0.25, -0.2) is 17.7 Å². The highest BCUT2D eigenvalue weighted by Gasteiger charge is 2.19. The predicted octanol–water partition coefficient (Wildman–Crippen LogP) is 1.40. The van der Waals surface area contributed by atoms with Gasteiger partial charge in [0.1, 0.15) is 11.6 Å². The van der Waals surface area contributed by atoms with E-state index in [2.05, 4.69) is 15.6 Å². The van der Waals surface area contributed by atoms with Gasteiger partial charge in [-0.1, -0.05) is 6.07 Å². The Kier molecular flexibility index (Phi) is 7.90. The van der Waals surface area contributed by atoms with Crippen molar-refractivity contribution in [3.63, 3.8) is 0 Å². The smallest absolute Gasteiger partial charge is 0.251 e. The summed E-state index contributed by atoms with van der Waals surface area (Å²) < 4.78 is 27.7. The first-order valence-corrected chi connectivity index (χ1v) is 12.3. The van der Waals surface area contributed by atoms with Gasteiger partial charge in [-0.2, -0.15) is 0 Å². The normalized spacial score (nSPS) is 11.6. The third-order valence-electron chi connectivity index (χ3n) is 5.37. The van der Waals surface area contributed by atoms with Crippen molar-refractivity contribution in [2.75, 3.05) is 27.2 Å². The first-order chi connectivity index (χ1) is 16.1. The summed E-state index contributed by atoms with van der Waals surface area (Å²) in [6, 6.07) is 10.9. The highest BCUT2D eigenvalue weighted by Crippen LogP contribution is 2.21. The number of aromatic nitrogens is 2. The van der Waals surface area contributed by atoms with Gasteiger partial charge in [0.2, 0.25) is 15.9 Å². The Bertz CT molecular complexity index is 1300. The lowest BCUT2D eigenvalue weighted by Crippen LogP contribution is -2.30. The fourth-order valence-electron chi connectivity index (χ4n) is 3.41. The fraction of sp³-hybridized carbons (Fsp3) is 0.348. The number of carbonyl (C=O) groups excluding carboxylic acids is 2. The minimum atomic E-state index is -3.55. The van der Waals surface area contributed by atoms with E-state index in [-0.39, 0.29) is 28.9 Å². The van der Waals surface area contributed by atoms with Crippen molar-refractivity contribution in [1.29, 1.82) is 0 Å². The van der Waals surface area contributed by atoms with Crippen molar-refractivity contribution in [2.24, 2.45) is 7.05 Å². The Balaban J connectivity index is 1.46. The van der Waals surface area contributed by atoms with Gasteiger partial charge >= 0.3 is 0 Å². The number of nitrogens with one attached hydrogen (secondary N) is 2. The van der Waals surface area contributed by atoms with Crippen LogP contribution in [-0.2, 0) is 28.3 Å². The second kappa shape index (κ2) is 10.7. The molecule has 0 unspecified atom stereocenters. The summed E-state index contributed by atoms with van der Waals surface area (Å²) in [6.45, 7) is 0.797. The van der Waals surface area contributed by atoms with Crippen LogP contribution < -0.4 is 10.6 Å². The Labute approximate surface area is 198 Å². The molecule has 0 spiro atoms. The molecule has 3 rings (SSSR count). The quantitative estimate of drug-likeness (QED) is 0.370. The van der Waals surface area contributed by atoms with E-state index in [9.17, 15) is 23.1 Å². The third kappa shape index (κ3) is 5.91. The standard InChI is InChI=1S/C23H29N5O5S/c1-27(2)34(32,33)18-8-9-20-19(15-18)26-21(28(20)3)10-11-22(30)24-12-5-13-25-23(31)16-6-4-7-17(29)14-16/h4,6-9,14-15,29H,5,10-13H2,1-3H3,(H,24,30)(H,25,31). The van der Waals surface area contributed by atoms with Crippen LogP contribution in [0, 0.1) is 0 Å². The number of fused-ring (bicyclic) bond motifs is 1. The Morgan fingerprint density at radius 3 is 2.53 bits per heavy atom. The number of rotatable bonds is 10. The molecule has 0 atom stereocenters. The number of phenols is 1. The van der Waals surface area contributed by atoms with Crippen LogP contribution >= 0.6 is 0 Å². The fourth-order valence-corrected chi connectivity index (χ4v) is 4.33. The molecule has 11 heteroatoms. The molecule has 0 aliphatic rings. The lowest BCUT2D eigenvalue weighted by atomic mass is 10.2. The Morgan fingerprint density at radius 1 is 1.09 bits per heavy atom. The number of hydrogen-bond donors (Lipinski definition) is 3. The molecular formula is C23H29N5O5S. The number of imidazole rings is 1. The van der Waals surface area contributed by atoms with E-state index in [4.69, 9.17) is 0 Å². The number of aromatic hydroxyl groups is 1. The number of phenolic OH excluding ortho intramolecular Hbond substituents is 1. The van der Waals surface area contributed by atoms with Crippen LogP contribution in [0.3, 0.4) is 0 Å². The topological polar surface area (TPSA) is 134 Å². The number of carbonyl (C=O) groups is 2. The average molecular weight is 488 g/mol. The van der Waals surface area contributed by atoms with E-state index in [0.29, 0.717) is 42.8 Å². The predicted molar refractivity (Wildman–Crippen MR) is 128 cm³/mol. The second-order valence-electron chi connectivity index (χ2n) is 8.03. The zero-order chi connectivity index (χ0) is 24.9. The molecular weight excluding hydrogens is 458 g/mol. The van der Waals surface area contributed by atoms with Gasteiger partial charge < -0.3 is 20.3 Å². The highest BCUT2D eigenvalue weighted by molar-refractivity contribution is 7.89. The molecule has 0 saturated carbocycles. The van der Waals surface area contributed by atoms with Gasteiger partial charge in [-0.15, -0.1) is 0 Å². The van der Waals surface area contributed by atoms with Crippen molar-refractivity contribution in [1.82, 2.24) is 24.5 Å². The maximum atomic E-state index is 12.4. The largest absolute Gasteiger partial charge is 0.508 e. The molecule has 0 bridgehead atoms. The van der Waals surface area contributed by atoms with Gasteiger partial charge in [-0.3, -0.25) is 9.59 Å². The minimum absolute atomic E-state index is 0.0274. The summed E-state index contributed by atoms with van der Waals surface area (Å²) >= 11 is 0. The van der Waals surface area contributed by atoms with E-state index >= 15 is 0 Å². The highest BCUT2D eigenvalue weighted by atomic mass is 32.2. The van der Waals surface area contributed by atoms with Gasteiger partial charge in [0.15, 0.2) is 0 Å². The van der Waals surface area contributed by atoms with Crippen molar-refractivity contribution < 1.29 is 23.1 Å². The molecule has 1 aromatic heterocycles. The summed E-state index contributed by atoms with van der Waals surface area (Å²) in [4.78, 5) is 28.9. The van der Waals surface area contributed by atoms with Crippen LogP contribution in [0.15, 0.2) is 47.4 Å². The van der Waals surface area contributed by atoms with Crippen LogP contribution in [0.5, 0.6) is 5.75 Å². The lowest BCUT2D eigenvalue weighted by Gasteiger charge is -2.10. The molecule has 34 heavy (non-hydrogen) atoms. The maximum Gasteiger partial charge on any atom is 0.251 e. The Hall–Kier alpha value is -3.44. The van der Waals surface area contributed by atoms with Crippen molar-refractivity contribution in [3.8, 4) is 5.75 Å². The molecule has 2 amide bonds. The summed E-state index contributed by atoms with van der Waals surface area (Å²) in [6.07, 6.45) is 1.20. The molecule has 0 aliphatic heterocycles. The first kappa shape index (κ1) is 25.2. The Morgan fingerprint density at radius 2 is 1.82 bits per heavy atom. The van der Waals surface area contributed by atoms with Crippen LogP contribution in [-0.4, -0.2) is 66.4 Å². The maximum absolute atomic E-state index is 12.4. The van der Waals surface area contributed by atoms with Gasteiger partial charge in [0.05, 0.1) is 15.9 Å². The number of benzene rings is 2. The third-order valence-corrected chi connectivity index (χ3v) is 7.18. The van der Waals surface area contributed by atoms with Crippen LogP contribution in [0.2, 0.25) is 0 Å². The molecule has 0 fully saturated rings. The minimum Gasteiger partial charge on any atom is -0.508 e.